The predicted molar refractivity (Wildman–Crippen MR) is 56.7 cm³/mol. The van der Waals surface area contributed by atoms with Crippen LogP contribution in [-0.2, 0) is 0 Å². The van der Waals surface area contributed by atoms with Gasteiger partial charge in [0.25, 0.3) is 0 Å². The Morgan fingerprint density at radius 1 is 1.31 bits per heavy atom. The van der Waals surface area contributed by atoms with Gasteiger partial charge in [0.2, 0.25) is 0 Å². The van der Waals surface area contributed by atoms with Crippen molar-refractivity contribution < 1.29 is 1.37 Å². The third-order valence-corrected chi connectivity index (χ3v) is 2.69. The molecule has 13 heavy (non-hydrogen) atoms. The van der Waals surface area contributed by atoms with E-state index in [-0.39, 0.29) is 0 Å². The van der Waals surface area contributed by atoms with Crippen LogP contribution in [0, 0.1) is 5.92 Å². The van der Waals surface area contributed by atoms with Gasteiger partial charge in [-0.15, -0.1) is 0 Å². The Kier molecular flexibility index (Phi) is 2.14. The number of benzene rings is 1. The highest BCUT2D eigenvalue weighted by Crippen LogP contribution is 2.31. The molecule has 1 aliphatic rings. The summed E-state index contributed by atoms with van der Waals surface area (Å²) in [5, 5.41) is 0. The van der Waals surface area contributed by atoms with Crippen molar-refractivity contribution in [3.8, 4) is 0 Å². The first-order chi connectivity index (χ1) is 6.75. The first-order valence-corrected chi connectivity index (χ1v) is 4.98. The number of rotatable bonds is 1. The molecule has 0 amide bonds. The smallest absolute Gasteiger partial charge is 0.0573 e. The zero-order valence-corrected chi connectivity index (χ0v) is 8.03. The molecule has 0 heterocycles. The Labute approximate surface area is 81.7 Å². The van der Waals surface area contributed by atoms with Gasteiger partial charge in [0.05, 0.1) is 1.37 Å². The van der Waals surface area contributed by atoms with Gasteiger partial charge in [-0.2, -0.15) is 0 Å². The van der Waals surface area contributed by atoms with Crippen molar-refractivity contribution in [3.63, 3.8) is 0 Å². The van der Waals surface area contributed by atoms with Crippen LogP contribution in [0.4, 0.5) is 0 Å². The van der Waals surface area contributed by atoms with Crippen LogP contribution in [0.1, 0.15) is 32.6 Å². The normalized spacial score (nSPS) is 29.3. The Hall–Kier alpha value is -1.04. The highest BCUT2D eigenvalue weighted by Gasteiger charge is 2.15. The maximum Gasteiger partial charge on any atom is 0.0573 e. The van der Waals surface area contributed by atoms with Crippen LogP contribution in [-0.4, -0.2) is 0 Å². The summed E-state index contributed by atoms with van der Waals surface area (Å²) in [6.45, 7) is 2.20. The summed E-state index contributed by atoms with van der Waals surface area (Å²) in [6, 6.07) is 11.4. The molecule has 0 aromatic heterocycles. The van der Waals surface area contributed by atoms with E-state index in [9.17, 15) is 0 Å². The number of hydrogen-bond donors (Lipinski definition) is 0. The van der Waals surface area contributed by atoms with E-state index < -0.39 is 0 Å². The summed E-state index contributed by atoms with van der Waals surface area (Å²) in [5.74, 6) is 1.12. The Morgan fingerprint density at radius 2 is 2.08 bits per heavy atom. The SMILES string of the molecule is [2H]C1=C[C@@H](C)C[C@@H](c2ccccc2)C1. The van der Waals surface area contributed by atoms with E-state index in [0.717, 1.165) is 12.5 Å². The van der Waals surface area contributed by atoms with E-state index in [1.165, 1.54) is 12.0 Å². The van der Waals surface area contributed by atoms with Crippen LogP contribution < -0.4 is 0 Å². The highest BCUT2D eigenvalue weighted by atomic mass is 14.2. The molecule has 2 atom stereocenters. The van der Waals surface area contributed by atoms with Crippen LogP contribution in [0.15, 0.2) is 42.5 Å². The predicted octanol–water partition coefficient (Wildman–Crippen LogP) is 3.76. The Morgan fingerprint density at radius 3 is 2.77 bits per heavy atom. The van der Waals surface area contributed by atoms with Crippen LogP contribution in [0.2, 0.25) is 0 Å². The largest absolute Gasteiger partial charge is 0.0877 e. The quantitative estimate of drug-likeness (QED) is 0.567. The topological polar surface area (TPSA) is 0 Å². The molecule has 1 aliphatic carbocycles. The molecule has 0 heteroatoms. The molecule has 1 aromatic rings. The maximum atomic E-state index is 7.74. The fourth-order valence-electron chi connectivity index (χ4n) is 1.99. The molecule has 0 unspecified atom stereocenters. The van der Waals surface area contributed by atoms with E-state index in [4.69, 9.17) is 1.37 Å². The molecule has 0 aliphatic heterocycles. The zero-order valence-electron chi connectivity index (χ0n) is 9.03. The van der Waals surface area contributed by atoms with Crippen LogP contribution in [0.3, 0.4) is 0 Å². The first-order valence-electron chi connectivity index (χ1n) is 5.48. The van der Waals surface area contributed by atoms with Crippen LogP contribution in [0.25, 0.3) is 0 Å². The molecule has 0 saturated carbocycles. The van der Waals surface area contributed by atoms with Crippen molar-refractivity contribution in [3.05, 3.63) is 48.0 Å². The van der Waals surface area contributed by atoms with E-state index >= 15 is 0 Å². The minimum Gasteiger partial charge on any atom is -0.0877 e. The fraction of sp³-hybridized carbons (Fsp3) is 0.385. The zero-order chi connectivity index (χ0) is 9.97. The average Bonchev–Trinajstić information content (AvgIpc) is 2.18. The van der Waals surface area contributed by atoms with Gasteiger partial charge < -0.3 is 0 Å². The summed E-state index contributed by atoms with van der Waals surface area (Å²) in [6.07, 6.45) is 4.18. The van der Waals surface area contributed by atoms with Crippen LogP contribution in [0.5, 0.6) is 0 Å². The van der Waals surface area contributed by atoms with Crippen molar-refractivity contribution in [2.45, 2.75) is 25.7 Å². The molecule has 0 fully saturated rings. The van der Waals surface area contributed by atoms with Crippen molar-refractivity contribution >= 4 is 0 Å². The minimum absolute atomic E-state index is 0.557. The summed E-state index contributed by atoms with van der Waals surface area (Å²) < 4.78 is 7.74. The highest BCUT2D eigenvalue weighted by molar-refractivity contribution is 5.21. The second kappa shape index (κ2) is 3.78. The average molecular weight is 173 g/mol. The molecule has 0 N–H and O–H groups in total. The van der Waals surface area contributed by atoms with Gasteiger partial charge in [-0.05, 0) is 30.2 Å². The van der Waals surface area contributed by atoms with E-state index in [1.807, 2.05) is 6.07 Å². The third-order valence-electron chi connectivity index (χ3n) is 2.69. The molecular weight excluding hydrogens is 156 g/mol. The van der Waals surface area contributed by atoms with Crippen molar-refractivity contribution in [1.82, 2.24) is 0 Å². The van der Waals surface area contributed by atoms with Gasteiger partial charge in [-0.3, -0.25) is 0 Å². The van der Waals surface area contributed by atoms with Crippen LogP contribution >= 0.6 is 0 Å². The molecule has 1 aromatic carbocycles. The van der Waals surface area contributed by atoms with Crippen molar-refractivity contribution in [2.24, 2.45) is 5.92 Å². The van der Waals surface area contributed by atoms with Gasteiger partial charge in [-0.1, -0.05) is 49.4 Å². The first kappa shape index (κ1) is 7.37. The molecule has 0 spiro atoms. The molecule has 68 valence electrons. The lowest BCUT2D eigenvalue weighted by Crippen LogP contribution is -2.06. The second-order valence-corrected chi connectivity index (χ2v) is 3.90. The molecule has 0 radical (unpaired) electrons. The number of hydrogen-bond acceptors (Lipinski definition) is 0. The second-order valence-electron chi connectivity index (χ2n) is 3.90. The van der Waals surface area contributed by atoms with Crippen molar-refractivity contribution in [2.75, 3.05) is 0 Å². The lowest BCUT2D eigenvalue weighted by molar-refractivity contribution is 0.515. The van der Waals surface area contributed by atoms with E-state index in [1.54, 1.807) is 0 Å². The van der Waals surface area contributed by atoms with Gasteiger partial charge in [0.1, 0.15) is 0 Å². The molecular formula is C13H16. The fourth-order valence-corrected chi connectivity index (χ4v) is 1.99. The Bertz CT molecular complexity index is 326. The molecule has 0 bridgehead atoms. The summed E-state index contributed by atoms with van der Waals surface area (Å²) in [7, 11) is 0. The van der Waals surface area contributed by atoms with E-state index in [0.29, 0.717) is 11.8 Å². The standard InChI is InChI=1S/C13H16/c1-11-6-5-9-13(10-11)12-7-3-2-4-8-12/h2-8,11,13H,9-10H2,1H3/t11-,13+/m1/s1/i5D. The van der Waals surface area contributed by atoms with Gasteiger partial charge in [-0.25, -0.2) is 0 Å². The molecule has 0 nitrogen and oxygen atoms in total. The lowest BCUT2D eigenvalue weighted by Gasteiger charge is -2.22. The maximum absolute atomic E-state index is 7.74. The summed E-state index contributed by atoms with van der Waals surface area (Å²) >= 11 is 0. The monoisotopic (exact) mass is 173 g/mol. The van der Waals surface area contributed by atoms with Crippen molar-refractivity contribution in [1.29, 1.82) is 0 Å². The van der Waals surface area contributed by atoms with Gasteiger partial charge in [0, 0.05) is 0 Å². The third kappa shape index (κ3) is 2.00. The van der Waals surface area contributed by atoms with E-state index in [2.05, 4.69) is 37.3 Å². The summed E-state index contributed by atoms with van der Waals surface area (Å²) in [5.41, 5.74) is 1.39. The number of allylic oxidation sites excluding steroid dienone is 2. The summed E-state index contributed by atoms with van der Waals surface area (Å²) in [4.78, 5) is 0. The molecule has 0 saturated heterocycles. The van der Waals surface area contributed by atoms with Gasteiger partial charge >= 0.3 is 0 Å². The van der Waals surface area contributed by atoms with Gasteiger partial charge in [0.15, 0.2) is 0 Å². The Balaban J connectivity index is 2.18. The lowest BCUT2D eigenvalue weighted by atomic mass is 9.83. The molecule has 2 rings (SSSR count). The minimum atomic E-state index is 0.557.